The summed E-state index contributed by atoms with van der Waals surface area (Å²) in [6, 6.07) is 7.16. The molecule has 0 aliphatic carbocycles. The molecule has 2 aromatic rings. The van der Waals surface area contributed by atoms with Crippen molar-refractivity contribution in [1.82, 2.24) is 4.98 Å². The number of pyridine rings is 1. The first-order valence-electron chi connectivity index (χ1n) is 5.92. The standard InChI is InChI=1S/C14H13F3N2O/c1-9-2-3-10(6-13(9)14(15,16)17)18-7-11-4-5-12(20)8-19-11/h2-6,8,18,20H,7H2,1H3. The lowest BCUT2D eigenvalue weighted by Gasteiger charge is -2.13. The highest BCUT2D eigenvalue weighted by Crippen LogP contribution is 2.33. The van der Waals surface area contributed by atoms with E-state index >= 15 is 0 Å². The second kappa shape index (κ2) is 5.40. The monoisotopic (exact) mass is 282 g/mol. The summed E-state index contributed by atoms with van der Waals surface area (Å²) in [5, 5.41) is 12.0. The van der Waals surface area contributed by atoms with E-state index in [1.54, 1.807) is 12.1 Å². The van der Waals surface area contributed by atoms with Crippen molar-refractivity contribution in [2.75, 3.05) is 5.32 Å². The summed E-state index contributed by atoms with van der Waals surface area (Å²) in [7, 11) is 0. The number of nitrogens with one attached hydrogen (secondary N) is 1. The summed E-state index contributed by atoms with van der Waals surface area (Å²) in [6.45, 7) is 1.70. The van der Waals surface area contributed by atoms with Crippen LogP contribution in [0.4, 0.5) is 18.9 Å². The summed E-state index contributed by atoms with van der Waals surface area (Å²) >= 11 is 0. The molecule has 0 bridgehead atoms. The van der Waals surface area contributed by atoms with E-state index in [-0.39, 0.29) is 17.9 Å². The van der Waals surface area contributed by atoms with Crippen molar-refractivity contribution in [2.45, 2.75) is 19.6 Å². The van der Waals surface area contributed by atoms with E-state index in [9.17, 15) is 13.2 Å². The maximum absolute atomic E-state index is 12.8. The Labute approximate surface area is 114 Å². The van der Waals surface area contributed by atoms with Gasteiger partial charge in [-0.2, -0.15) is 13.2 Å². The van der Waals surface area contributed by atoms with E-state index in [1.807, 2.05) is 0 Å². The van der Waals surface area contributed by atoms with Crippen molar-refractivity contribution in [1.29, 1.82) is 0 Å². The molecule has 1 aromatic heterocycles. The van der Waals surface area contributed by atoms with Crippen LogP contribution >= 0.6 is 0 Å². The number of aromatic nitrogens is 1. The molecular weight excluding hydrogens is 269 g/mol. The highest BCUT2D eigenvalue weighted by Gasteiger charge is 2.32. The van der Waals surface area contributed by atoms with Gasteiger partial charge in [0.25, 0.3) is 0 Å². The number of halogens is 3. The predicted octanol–water partition coefficient (Wildman–Crippen LogP) is 3.73. The second-order valence-electron chi connectivity index (χ2n) is 4.39. The summed E-state index contributed by atoms with van der Waals surface area (Å²) in [4.78, 5) is 3.95. The molecule has 20 heavy (non-hydrogen) atoms. The van der Waals surface area contributed by atoms with E-state index in [2.05, 4.69) is 10.3 Å². The number of hydrogen-bond acceptors (Lipinski definition) is 3. The summed E-state index contributed by atoms with van der Waals surface area (Å²) in [5.41, 5.74) is 0.529. The Balaban J connectivity index is 2.12. The Kier molecular flexibility index (Phi) is 3.83. The predicted molar refractivity (Wildman–Crippen MR) is 69.4 cm³/mol. The van der Waals surface area contributed by atoms with Gasteiger partial charge in [0.2, 0.25) is 0 Å². The summed E-state index contributed by atoms with van der Waals surface area (Å²) < 4.78 is 38.3. The number of aromatic hydroxyl groups is 1. The first-order chi connectivity index (χ1) is 9.36. The second-order valence-corrected chi connectivity index (χ2v) is 4.39. The number of hydrogen-bond donors (Lipinski definition) is 2. The van der Waals surface area contributed by atoms with E-state index in [0.717, 1.165) is 6.07 Å². The molecule has 3 nitrogen and oxygen atoms in total. The van der Waals surface area contributed by atoms with E-state index < -0.39 is 11.7 Å². The molecule has 1 heterocycles. The van der Waals surface area contributed by atoms with E-state index in [4.69, 9.17) is 5.11 Å². The van der Waals surface area contributed by atoms with Crippen LogP contribution in [0, 0.1) is 6.92 Å². The van der Waals surface area contributed by atoms with Crippen molar-refractivity contribution in [2.24, 2.45) is 0 Å². The van der Waals surface area contributed by atoms with Crippen LogP contribution in [0.5, 0.6) is 5.75 Å². The Hall–Kier alpha value is -2.24. The fourth-order valence-electron chi connectivity index (χ4n) is 1.75. The van der Waals surface area contributed by atoms with E-state index in [0.29, 0.717) is 11.4 Å². The number of alkyl halides is 3. The van der Waals surface area contributed by atoms with Crippen LogP contribution in [0.25, 0.3) is 0 Å². The lowest BCUT2D eigenvalue weighted by Crippen LogP contribution is -2.09. The third kappa shape index (κ3) is 3.40. The van der Waals surface area contributed by atoms with Crippen LogP contribution in [0.2, 0.25) is 0 Å². The fourth-order valence-corrected chi connectivity index (χ4v) is 1.75. The number of anilines is 1. The quantitative estimate of drug-likeness (QED) is 0.901. The minimum absolute atomic E-state index is 0.0449. The molecule has 2 rings (SSSR count). The molecule has 1 aromatic carbocycles. The van der Waals surface area contributed by atoms with Gasteiger partial charge in [0, 0.05) is 5.69 Å². The van der Waals surface area contributed by atoms with Gasteiger partial charge >= 0.3 is 6.18 Å². The maximum atomic E-state index is 12.8. The van der Waals surface area contributed by atoms with Gasteiger partial charge in [0.1, 0.15) is 5.75 Å². The molecule has 0 radical (unpaired) electrons. The Morgan fingerprint density at radius 3 is 2.55 bits per heavy atom. The van der Waals surface area contributed by atoms with Gasteiger partial charge in [0.05, 0.1) is 24.0 Å². The number of aryl methyl sites for hydroxylation is 1. The SMILES string of the molecule is Cc1ccc(NCc2ccc(O)cn2)cc1C(F)(F)F. The molecule has 2 N–H and O–H groups in total. The minimum atomic E-state index is -4.36. The molecule has 0 saturated carbocycles. The highest BCUT2D eigenvalue weighted by molar-refractivity contribution is 5.49. The fraction of sp³-hybridized carbons (Fsp3) is 0.214. The van der Waals surface area contributed by atoms with Crippen LogP contribution in [0.1, 0.15) is 16.8 Å². The largest absolute Gasteiger partial charge is 0.506 e. The molecule has 6 heteroatoms. The van der Waals surface area contributed by atoms with Gasteiger partial charge in [-0.15, -0.1) is 0 Å². The van der Waals surface area contributed by atoms with Crippen molar-refractivity contribution in [3.8, 4) is 5.75 Å². The molecular formula is C14H13F3N2O. The van der Waals surface area contributed by atoms with Crippen molar-refractivity contribution in [3.63, 3.8) is 0 Å². The van der Waals surface area contributed by atoms with Crippen LogP contribution in [0.15, 0.2) is 36.5 Å². The van der Waals surface area contributed by atoms with Crippen molar-refractivity contribution >= 4 is 5.69 Å². The van der Waals surface area contributed by atoms with E-state index in [1.165, 1.54) is 25.3 Å². The number of benzene rings is 1. The van der Waals surface area contributed by atoms with Crippen molar-refractivity contribution < 1.29 is 18.3 Å². The molecule has 0 saturated heterocycles. The van der Waals surface area contributed by atoms with Gasteiger partial charge in [-0.05, 0) is 36.8 Å². The van der Waals surface area contributed by atoms with Crippen LogP contribution in [-0.2, 0) is 12.7 Å². The molecule has 0 aliphatic heterocycles. The van der Waals surface area contributed by atoms with Gasteiger partial charge < -0.3 is 10.4 Å². The minimum Gasteiger partial charge on any atom is -0.506 e. The number of rotatable bonds is 3. The van der Waals surface area contributed by atoms with Gasteiger partial charge in [-0.25, -0.2) is 0 Å². The van der Waals surface area contributed by atoms with Crippen LogP contribution in [-0.4, -0.2) is 10.1 Å². The average Bonchev–Trinajstić information content (AvgIpc) is 2.38. The molecule has 0 amide bonds. The summed E-state index contributed by atoms with van der Waals surface area (Å²) in [5.74, 6) is 0.0449. The average molecular weight is 282 g/mol. The van der Waals surface area contributed by atoms with Crippen LogP contribution < -0.4 is 5.32 Å². The molecule has 0 fully saturated rings. The third-order valence-electron chi connectivity index (χ3n) is 2.83. The first kappa shape index (κ1) is 14.2. The lowest BCUT2D eigenvalue weighted by atomic mass is 10.1. The lowest BCUT2D eigenvalue weighted by molar-refractivity contribution is -0.138. The van der Waals surface area contributed by atoms with Gasteiger partial charge in [-0.1, -0.05) is 6.07 Å². The smallest absolute Gasteiger partial charge is 0.416 e. The van der Waals surface area contributed by atoms with Gasteiger partial charge in [-0.3, -0.25) is 4.98 Å². The zero-order valence-corrected chi connectivity index (χ0v) is 10.7. The molecule has 0 spiro atoms. The molecule has 0 atom stereocenters. The normalized spacial score (nSPS) is 11.4. The first-order valence-corrected chi connectivity index (χ1v) is 5.92. The highest BCUT2D eigenvalue weighted by atomic mass is 19.4. The molecule has 0 unspecified atom stereocenters. The Morgan fingerprint density at radius 1 is 1.20 bits per heavy atom. The molecule has 0 aliphatic rings. The maximum Gasteiger partial charge on any atom is 0.416 e. The number of nitrogens with zero attached hydrogens (tertiary/aromatic N) is 1. The summed E-state index contributed by atoms with van der Waals surface area (Å²) in [6.07, 6.45) is -3.08. The Bertz CT molecular complexity index is 594. The zero-order valence-electron chi connectivity index (χ0n) is 10.7. The third-order valence-corrected chi connectivity index (χ3v) is 2.83. The molecule has 106 valence electrons. The van der Waals surface area contributed by atoms with Gasteiger partial charge in [0.15, 0.2) is 0 Å². The zero-order chi connectivity index (χ0) is 14.8. The van der Waals surface area contributed by atoms with Crippen LogP contribution in [0.3, 0.4) is 0 Å². The Morgan fingerprint density at radius 2 is 1.95 bits per heavy atom. The topological polar surface area (TPSA) is 45.1 Å². The van der Waals surface area contributed by atoms with Crippen molar-refractivity contribution in [3.05, 3.63) is 53.3 Å².